The maximum atomic E-state index is 11.6. The summed E-state index contributed by atoms with van der Waals surface area (Å²) < 4.78 is 43.6. The SMILES string of the molecule is CS(=O)(=O)Nc1cccc([C@@H]2O[C@H]3CCCC[C@H]3c3cc4c(cc32)OCO4)c1. The Morgan fingerprint density at radius 3 is 2.54 bits per heavy atom. The molecule has 3 aliphatic rings. The van der Waals surface area contributed by atoms with E-state index in [0.29, 0.717) is 11.6 Å². The molecule has 148 valence electrons. The normalized spacial score (nSPS) is 25.7. The number of nitrogens with one attached hydrogen (secondary N) is 1. The van der Waals surface area contributed by atoms with E-state index in [1.54, 1.807) is 6.07 Å². The van der Waals surface area contributed by atoms with Gasteiger partial charge in [0.25, 0.3) is 0 Å². The van der Waals surface area contributed by atoms with E-state index < -0.39 is 10.0 Å². The van der Waals surface area contributed by atoms with Crippen molar-refractivity contribution in [3.63, 3.8) is 0 Å². The van der Waals surface area contributed by atoms with Crippen molar-refractivity contribution < 1.29 is 22.6 Å². The highest BCUT2D eigenvalue weighted by molar-refractivity contribution is 7.92. The van der Waals surface area contributed by atoms with Crippen molar-refractivity contribution in [2.24, 2.45) is 0 Å². The van der Waals surface area contributed by atoms with Gasteiger partial charge in [0.15, 0.2) is 11.5 Å². The molecule has 0 bridgehead atoms. The van der Waals surface area contributed by atoms with Gasteiger partial charge < -0.3 is 14.2 Å². The summed E-state index contributed by atoms with van der Waals surface area (Å²) in [5, 5.41) is 0. The molecule has 0 saturated heterocycles. The Bertz CT molecular complexity index is 1020. The lowest BCUT2D eigenvalue weighted by Crippen LogP contribution is -2.33. The molecule has 6 nitrogen and oxygen atoms in total. The summed E-state index contributed by atoms with van der Waals surface area (Å²) in [5.74, 6) is 1.91. The summed E-state index contributed by atoms with van der Waals surface area (Å²) in [6.07, 6.45) is 5.58. The monoisotopic (exact) mass is 401 g/mol. The summed E-state index contributed by atoms with van der Waals surface area (Å²) in [7, 11) is -3.34. The maximum absolute atomic E-state index is 11.6. The van der Waals surface area contributed by atoms with Gasteiger partial charge >= 0.3 is 0 Å². The molecule has 2 aromatic carbocycles. The van der Waals surface area contributed by atoms with Crippen molar-refractivity contribution >= 4 is 15.7 Å². The van der Waals surface area contributed by atoms with Crippen LogP contribution in [-0.2, 0) is 14.8 Å². The third-order valence-electron chi connectivity index (χ3n) is 5.77. The first-order valence-electron chi connectivity index (χ1n) is 9.64. The van der Waals surface area contributed by atoms with Gasteiger partial charge in [-0.2, -0.15) is 0 Å². The molecular formula is C21H23NO5S. The van der Waals surface area contributed by atoms with E-state index in [-0.39, 0.29) is 19.0 Å². The van der Waals surface area contributed by atoms with Crippen LogP contribution in [0.4, 0.5) is 5.69 Å². The predicted octanol–water partition coefficient (Wildman–Crippen LogP) is 3.93. The number of hydrogen-bond donors (Lipinski definition) is 1. The van der Waals surface area contributed by atoms with Crippen LogP contribution >= 0.6 is 0 Å². The predicted molar refractivity (Wildman–Crippen MR) is 105 cm³/mol. The minimum Gasteiger partial charge on any atom is -0.454 e. The number of hydrogen-bond acceptors (Lipinski definition) is 5. The molecule has 0 spiro atoms. The summed E-state index contributed by atoms with van der Waals surface area (Å²) in [5.41, 5.74) is 3.82. The minimum atomic E-state index is -3.34. The van der Waals surface area contributed by atoms with Gasteiger partial charge in [-0.05, 0) is 53.8 Å². The average Bonchev–Trinajstić information content (AvgIpc) is 3.12. The average molecular weight is 401 g/mol. The van der Waals surface area contributed by atoms with Crippen LogP contribution in [0, 0.1) is 0 Å². The van der Waals surface area contributed by atoms with E-state index in [1.165, 1.54) is 18.4 Å². The van der Waals surface area contributed by atoms with Crippen molar-refractivity contribution in [1.82, 2.24) is 0 Å². The van der Waals surface area contributed by atoms with Crippen LogP contribution in [0.15, 0.2) is 36.4 Å². The fourth-order valence-electron chi connectivity index (χ4n) is 4.62. The Morgan fingerprint density at radius 1 is 1.00 bits per heavy atom. The van der Waals surface area contributed by atoms with Crippen LogP contribution in [0.1, 0.15) is 54.4 Å². The third-order valence-corrected chi connectivity index (χ3v) is 6.37. The molecule has 0 aromatic heterocycles. The minimum absolute atomic E-state index is 0.165. The van der Waals surface area contributed by atoms with Crippen LogP contribution in [0.5, 0.6) is 11.5 Å². The lowest BCUT2D eigenvalue weighted by molar-refractivity contribution is -0.0389. The highest BCUT2D eigenvalue weighted by Gasteiger charge is 2.39. The molecule has 3 atom stereocenters. The van der Waals surface area contributed by atoms with Crippen LogP contribution < -0.4 is 14.2 Å². The molecule has 0 unspecified atom stereocenters. The molecule has 2 heterocycles. The number of rotatable bonds is 3. The zero-order valence-corrected chi connectivity index (χ0v) is 16.5. The Balaban J connectivity index is 1.59. The second kappa shape index (κ2) is 6.67. The van der Waals surface area contributed by atoms with Crippen molar-refractivity contribution in [2.75, 3.05) is 17.8 Å². The number of anilines is 1. The molecule has 1 saturated carbocycles. The first kappa shape index (κ1) is 17.8. The van der Waals surface area contributed by atoms with Gasteiger partial charge in [0, 0.05) is 11.6 Å². The lowest BCUT2D eigenvalue weighted by atomic mass is 9.76. The van der Waals surface area contributed by atoms with E-state index in [4.69, 9.17) is 14.2 Å². The second-order valence-corrected chi connectivity index (χ2v) is 9.53. The van der Waals surface area contributed by atoms with Crippen LogP contribution in [-0.4, -0.2) is 27.6 Å². The van der Waals surface area contributed by atoms with Gasteiger partial charge in [-0.25, -0.2) is 8.42 Å². The fourth-order valence-corrected chi connectivity index (χ4v) is 5.18. The quantitative estimate of drug-likeness (QED) is 0.843. The Morgan fingerprint density at radius 2 is 1.75 bits per heavy atom. The topological polar surface area (TPSA) is 73.9 Å². The van der Waals surface area contributed by atoms with E-state index >= 15 is 0 Å². The first-order chi connectivity index (χ1) is 13.5. The molecule has 2 aromatic rings. The van der Waals surface area contributed by atoms with Crippen molar-refractivity contribution in [1.29, 1.82) is 0 Å². The molecule has 28 heavy (non-hydrogen) atoms. The van der Waals surface area contributed by atoms with E-state index in [9.17, 15) is 8.42 Å². The Labute approximate surface area is 164 Å². The van der Waals surface area contributed by atoms with Crippen LogP contribution in [0.25, 0.3) is 0 Å². The maximum Gasteiger partial charge on any atom is 0.231 e. The highest BCUT2D eigenvalue weighted by Crippen LogP contribution is 2.50. The van der Waals surface area contributed by atoms with Crippen molar-refractivity contribution in [2.45, 2.75) is 43.8 Å². The van der Waals surface area contributed by atoms with Gasteiger partial charge in [-0.3, -0.25) is 4.72 Å². The van der Waals surface area contributed by atoms with E-state index in [1.807, 2.05) is 24.3 Å². The summed E-state index contributed by atoms with van der Waals surface area (Å²) >= 11 is 0. The molecule has 5 rings (SSSR count). The third kappa shape index (κ3) is 3.22. The summed E-state index contributed by atoms with van der Waals surface area (Å²) in [4.78, 5) is 0. The van der Waals surface area contributed by atoms with Crippen LogP contribution in [0.2, 0.25) is 0 Å². The largest absolute Gasteiger partial charge is 0.454 e. The molecule has 1 fully saturated rings. The van der Waals surface area contributed by atoms with Gasteiger partial charge in [-0.15, -0.1) is 0 Å². The molecule has 1 aliphatic carbocycles. The van der Waals surface area contributed by atoms with Gasteiger partial charge in [-0.1, -0.05) is 25.0 Å². The zero-order valence-electron chi connectivity index (χ0n) is 15.7. The molecule has 0 radical (unpaired) electrons. The number of fused-ring (bicyclic) bond motifs is 4. The Kier molecular flexibility index (Phi) is 4.25. The van der Waals surface area contributed by atoms with Gasteiger partial charge in [0.2, 0.25) is 16.8 Å². The molecule has 7 heteroatoms. The molecule has 1 N–H and O–H groups in total. The van der Waals surface area contributed by atoms with Crippen molar-refractivity contribution in [3.05, 3.63) is 53.1 Å². The summed E-state index contributed by atoms with van der Waals surface area (Å²) in [6.45, 7) is 0.242. The zero-order chi connectivity index (χ0) is 19.3. The highest BCUT2D eigenvalue weighted by atomic mass is 32.2. The van der Waals surface area contributed by atoms with Gasteiger partial charge in [0.05, 0.1) is 12.4 Å². The second-order valence-electron chi connectivity index (χ2n) is 7.78. The van der Waals surface area contributed by atoms with Crippen LogP contribution in [0.3, 0.4) is 0 Å². The molecule has 2 aliphatic heterocycles. The fraction of sp³-hybridized carbons (Fsp3) is 0.429. The van der Waals surface area contributed by atoms with Gasteiger partial charge in [0.1, 0.15) is 6.10 Å². The number of ether oxygens (including phenoxy) is 3. The smallest absolute Gasteiger partial charge is 0.231 e. The number of sulfonamides is 1. The number of benzene rings is 2. The van der Waals surface area contributed by atoms with E-state index in [0.717, 1.165) is 41.7 Å². The summed E-state index contributed by atoms with van der Waals surface area (Å²) in [6, 6.07) is 11.6. The van der Waals surface area contributed by atoms with E-state index in [2.05, 4.69) is 10.8 Å². The lowest BCUT2D eigenvalue weighted by Gasteiger charge is -2.41. The molecule has 0 amide bonds. The Hall–Kier alpha value is -2.25. The standard InChI is InChI=1S/C21H23NO5S/c1-28(23,24)22-14-6-4-5-13(9-14)21-17-11-20-19(25-12-26-20)10-16(17)15-7-2-3-8-18(15)27-21/h4-6,9-11,15,18,21-22H,2-3,7-8,12H2,1H3/t15-,18-,21-/m0/s1. The van der Waals surface area contributed by atoms with Crippen molar-refractivity contribution in [3.8, 4) is 11.5 Å². The molecular weight excluding hydrogens is 378 g/mol. The first-order valence-corrected chi connectivity index (χ1v) is 11.5.